The first kappa shape index (κ1) is 11.5. The van der Waals surface area contributed by atoms with Crippen molar-refractivity contribution in [2.24, 2.45) is 0 Å². The third-order valence-electron chi connectivity index (χ3n) is 1.90. The Hall–Kier alpha value is 0.400. The second-order valence-corrected chi connectivity index (χ2v) is 5.42. The lowest BCUT2D eigenvalue weighted by atomic mass is 10.4. The van der Waals surface area contributed by atoms with E-state index in [1.165, 1.54) is 0 Å². The molecule has 0 aromatic carbocycles. The van der Waals surface area contributed by atoms with E-state index in [9.17, 15) is 4.57 Å². The van der Waals surface area contributed by atoms with Crippen molar-refractivity contribution in [2.75, 3.05) is 32.1 Å². The minimum absolute atomic E-state index is 0.485. The predicted octanol–water partition coefficient (Wildman–Crippen LogP) is 1.67. The number of halogens is 1. The summed E-state index contributed by atoms with van der Waals surface area (Å²) in [6.07, 6.45) is 0.923. The molecule has 1 saturated heterocycles. The van der Waals surface area contributed by atoms with Crippen LogP contribution in [0.15, 0.2) is 0 Å². The number of alkyl halides is 1. The zero-order valence-corrected chi connectivity index (χ0v) is 9.48. The summed E-state index contributed by atoms with van der Waals surface area (Å²) in [5.41, 5.74) is 0. The van der Waals surface area contributed by atoms with Gasteiger partial charge in [0.25, 0.3) is 0 Å². The molecule has 0 saturated carbocycles. The van der Waals surface area contributed by atoms with Crippen LogP contribution < -0.4 is 5.09 Å². The lowest BCUT2D eigenvalue weighted by Crippen LogP contribution is -2.35. The van der Waals surface area contributed by atoms with Crippen LogP contribution >= 0.6 is 19.3 Å². The Balaban J connectivity index is 2.59. The zero-order valence-electron chi connectivity index (χ0n) is 7.83. The first-order chi connectivity index (χ1) is 6.23. The van der Waals surface area contributed by atoms with Gasteiger partial charge in [0, 0.05) is 25.5 Å². The van der Waals surface area contributed by atoms with E-state index in [1.54, 1.807) is 0 Å². The van der Waals surface area contributed by atoms with Gasteiger partial charge in [-0.25, -0.2) is 9.76 Å². The first-order valence-electron chi connectivity index (χ1n) is 4.54. The number of hydrogen-bond acceptors (Lipinski definition) is 2. The van der Waals surface area contributed by atoms with Crippen LogP contribution in [0.1, 0.15) is 13.3 Å². The molecule has 6 heteroatoms. The number of hydrogen-bond donors (Lipinski definition) is 1. The molecule has 1 N–H and O–H groups in total. The van der Waals surface area contributed by atoms with Crippen molar-refractivity contribution in [3.8, 4) is 0 Å². The Morgan fingerprint density at radius 3 is 3.08 bits per heavy atom. The molecule has 1 fully saturated rings. The average molecular weight is 227 g/mol. The Morgan fingerprint density at radius 1 is 1.69 bits per heavy atom. The van der Waals surface area contributed by atoms with Crippen LogP contribution in [0.2, 0.25) is 0 Å². The van der Waals surface area contributed by atoms with Crippen molar-refractivity contribution in [3.05, 3.63) is 0 Å². The Kier molecular flexibility index (Phi) is 4.70. The van der Waals surface area contributed by atoms with Crippen molar-refractivity contribution < 1.29 is 9.09 Å². The summed E-state index contributed by atoms with van der Waals surface area (Å²) in [6, 6.07) is 0. The molecule has 1 atom stereocenters. The van der Waals surface area contributed by atoms with Gasteiger partial charge >= 0.3 is 7.67 Å². The van der Waals surface area contributed by atoms with Crippen molar-refractivity contribution in [1.82, 2.24) is 9.76 Å². The minimum Gasteiger partial charge on any atom is -0.306 e. The van der Waals surface area contributed by atoms with Gasteiger partial charge in [0.15, 0.2) is 0 Å². The maximum absolute atomic E-state index is 12.1. The summed E-state index contributed by atoms with van der Waals surface area (Å²) in [7, 11) is -2.74. The van der Waals surface area contributed by atoms with Gasteiger partial charge in [-0.3, -0.25) is 4.57 Å². The van der Waals surface area contributed by atoms with E-state index in [1.807, 2.05) is 11.6 Å². The van der Waals surface area contributed by atoms with Crippen LogP contribution in [0.3, 0.4) is 0 Å². The quantitative estimate of drug-likeness (QED) is 0.585. The molecule has 0 aromatic rings. The fourth-order valence-electron chi connectivity index (χ4n) is 1.34. The molecule has 1 aliphatic heterocycles. The van der Waals surface area contributed by atoms with Crippen molar-refractivity contribution in [3.63, 3.8) is 0 Å². The SMILES string of the molecule is CCNP1(=O)OCCCN1CCCl. The van der Waals surface area contributed by atoms with E-state index < -0.39 is 7.67 Å². The summed E-state index contributed by atoms with van der Waals surface area (Å²) in [5.74, 6) is 0.485. The molecule has 78 valence electrons. The second-order valence-electron chi connectivity index (χ2n) is 2.86. The number of rotatable bonds is 4. The molecule has 0 amide bonds. The molecular weight excluding hydrogens is 211 g/mol. The van der Waals surface area contributed by atoms with Crippen LogP contribution in [-0.2, 0) is 9.09 Å². The maximum atomic E-state index is 12.1. The summed E-state index contributed by atoms with van der Waals surface area (Å²) in [6.45, 7) is 4.55. The molecule has 1 heterocycles. The largest absolute Gasteiger partial charge is 0.343 e. The van der Waals surface area contributed by atoms with Gasteiger partial charge < -0.3 is 4.52 Å². The van der Waals surface area contributed by atoms with Gasteiger partial charge in [0.1, 0.15) is 0 Å². The van der Waals surface area contributed by atoms with E-state index >= 15 is 0 Å². The van der Waals surface area contributed by atoms with Gasteiger partial charge in [-0.1, -0.05) is 6.92 Å². The molecule has 0 radical (unpaired) electrons. The van der Waals surface area contributed by atoms with Crippen LogP contribution in [0.5, 0.6) is 0 Å². The van der Waals surface area contributed by atoms with Crippen LogP contribution in [-0.4, -0.2) is 36.8 Å². The molecule has 13 heavy (non-hydrogen) atoms. The van der Waals surface area contributed by atoms with Gasteiger partial charge in [-0.05, 0) is 6.42 Å². The van der Waals surface area contributed by atoms with E-state index in [0.717, 1.165) is 13.0 Å². The number of nitrogens with zero attached hydrogens (tertiary/aromatic N) is 1. The molecule has 1 aliphatic rings. The zero-order chi connectivity index (χ0) is 9.73. The van der Waals surface area contributed by atoms with Crippen LogP contribution in [0.4, 0.5) is 0 Å². The molecule has 0 aliphatic carbocycles. The number of nitrogens with one attached hydrogen (secondary N) is 1. The highest BCUT2D eigenvalue weighted by Crippen LogP contribution is 2.48. The molecule has 0 aromatic heterocycles. The van der Waals surface area contributed by atoms with Gasteiger partial charge in [0.2, 0.25) is 0 Å². The fourth-order valence-corrected chi connectivity index (χ4v) is 3.66. The standard InChI is InChI=1S/C7H16ClN2O2P/c1-2-9-13(11)10(6-4-8)5-3-7-12-13/h2-7H2,1H3,(H,9,11). The first-order valence-corrected chi connectivity index (χ1v) is 6.65. The maximum Gasteiger partial charge on any atom is 0.343 e. The lowest BCUT2D eigenvalue weighted by molar-refractivity contribution is 0.203. The predicted molar refractivity (Wildman–Crippen MR) is 54.1 cm³/mol. The van der Waals surface area contributed by atoms with E-state index in [4.69, 9.17) is 16.1 Å². The Morgan fingerprint density at radius 2 is 2.46 bits per heavy atom. The monoisotopic (exact) mass is 226 g/mol. The smallest absolute Gasteiger partial charge is 0.306 e. The molecule has 0 bridgehead atoms. The van der Waals surface area contributed by atoms with Gasteiger partial charge in [-0.2, -0.15) is 0 Å². The Labute approximate surface area is 84.1 Å². The summed E-state index contributed by atoms with van der Waals surface area (Å²) >= 11 is 5.62. The van der Waals surface area contributed by atoms with Crippen LogP contribution in [0.25, 0.3) is 0 Å². The van der Waals surface area contributed by atoms with Crippen molar-refractivity contribution in [1.29, 1.82) is 0 Å². The highest BCUT2D eigenvalue weighted by molar-refractivity contribution is 7.54. The van der Waals surface area contributed by atoms with E-state index in [-0.39, 0.29) is 0 Å². The summed E-state index contributed by atoms with van der Waals surface area (Å²) in [5, 5.41) is 2.90. The molecule has 0 spiro atoms. The van der Waals surface area contributed by atoms with Crippen molar-refractivity contribution >= 4 is 19.3 Å². The van der Waals surface area contributed by atoms with Gasteiger partial charge in [0.05, 0.1) is 6.61 Å². The fraction of sp³-hybridized carbons (Fsp3) is 1.00. The lowest BCUT2D eigenvalue weighted by Gasteiger charge is -2.34. The third-order valence-corrected chi connectivity index (χ3v) is 4.46. The second kappa shape index (κ2) is 5.32. The highest BCUT2D eigenvalue weighted by atomic mass is 35.5. The molecule has 4 nitrogen and oxygen atoms in total. The normalized spacial score (nSPS) is 30.6. The topological polar surface area (TPSA) is 41.6 Å². The van der Waals surface area contributed by atoms with E-state index in [2.05, 4.69) is 5.09 Å². The molecule has 1 unspecified atom stereocenters. The van der Waals surface area contributed by atoms with E-state index in [0.29, 0.717) is 25.6 Å². The third kappa shape index (κ3) is 2.93. The molecular formula is C7H16ClN2O2P. The average Bonchev–Trinajstić information content (AvgIpc) is 2.10. The summed E-state index contributed by atoms with van der Waals surface area (Å²) < 4.78 is 19.2. The molecule has 1 rings (SSSR count). The van der Waals surface area contributed by atoms with Crippen LogP contribution in [0, 0.1) is 0 Å². The Bertz CT molecular complexity index is 195. The highest BCUT2D eigenvalue weighted by Gasteiger charge is 2.33. The van der Waals surface area contributed by atoms with Crippen molar-refractivity contribution in [2.45, 2.75) is 13.3 Å². The summed E-state index contributed by atoms with van der Waals surface area (Å²) in [4.78, 5) is 0. The minimum atomic E-state index is -2.74. The van der Waals surface area contributed by atoms with Gasteiger partial charge in [-0.15, -0.1) is 11.6 Å².